The summed E-state index contributed by atoms with van der Waals surface area (Å²) in [6.45, 7) is 1.25. The van der Waals surface area contributed by atoms with Crippen molar-refractivity contribution in [3.05, 3.63) is 24.3 Å². The van der Waals surface area contributed by atoms with Gasteiger partial charge in [-0.15, -0.1) is 11.6 Å². The molecule has 112 valence electrons. The quantitative estimate of drug-likeness (QED) is 0.799. The number of rotatable bonds is 4. The van der Waals surface area contributed by atoms with Gasteiger partial charge in [0.25, 0.3) is 0 Å². The van der Waals surface area contributed by atoms with Crippen LogP contribution >= 0.6 is 11.6 Å². The molecule has 0 aliphatic carbocycles. The Morgan fingerprint density at radius 2 is 2.05 bits per heavy atom. The molecule has 1 fully saturated rings. The zero-order valence-corrected chi connectivity index (χ0v) is 12.4. The third kappa shape index (κ3) is 3.06. The molecule has 1 heterocycles. The van der Waals surface area contributed by atoms with E-state index in [9.17, 15) is 17.2 Å². The lowest BCUT2D eigenvalue weighted by molar-refractivity contribution is 0.234. The van der Waals surface area contributed by atoms with Crippen molar-refractivity contribution in [1.29, 1.82) is 0 Å². The first-order chi connectivity index (χ1) is 9.46. The maximum Gasteiger partial charge on any atom is 0.341 e. The second-order valence-corrected chi connectivity index (χ2v) is 7.08. The molecular formula is C13H16ClF2NO2S. The van der Waals surface area contributed by atoms with E-state index in [4.69, 9.17) is 11.6 Å². The maximum atomic E-state index is 12.8. The topological polar surface area (TPSA) is 37.4 Å². The maximum absolute atomic E-state index is 12.8. The molecule has 0 spiro atoms. The van der Waals surface area contributed by atoms with Gasteiger partial charge in [0.05, 0.1) is 10.6 Å². The molecule has 0 radical (unpaired) electrons. The molecule has 7 heteroatoms. The summed E-state index contributed by atoms with van der Waals surface area (Å²) in [5.41, 5.74) is 0.350. The molecular weight excluding hydrogens is 308 g/mol. The van der Waals surface area contributed by atoms with Crippen LogP contribution in [0.3, 0.4) is 0 Å². The summed E-state index contributed by atoms with van der Waals surface area (Å²) < 4.78 is 49.0. The second-order valence-electron chi connectivity index (χ2n) is 4.88. The van der Waals surface area contributed by atoms with Crippen LogP contribution in [0.4, 0.5) is 14.5 Å². The van der Waals surface area contributed by atoms with Crippen molar-refractivity contribution in [1.82, 2.24) is 0 Å². The van der Waals surface area contributed by atoms with Crippen molar-refractivity contribution in [3.63, 3.8) is 0 Å². The van der Waals surface area contributed by atoms with Gasteiger partial charge in [-0.1, -0.05) is 12.1 Å². The summed E-state index contributed by atoms with van der Waals surface area (Å²) in [6, 6.07) is 5.93. The van der Waals surface area contributed by atoms with Gasteiger partial charge < -0.3 is 4.90 Å². The monoisotopic (exact) mass is 323 g/mol. The highest BCUT2D eigenvalue weighted by Gasteiger charge is 2.31. The highest BCUT2D eigenvalue weighted by Crippen LogP contribution is 2.32. The van der Waals surface area contributed by atoms with Crippen LogP contribution in [0, 0.1) is 5.92 Å². The van der Waals surface area contributed by atoms with Crippen molar-refractivity contribution < 1.29 is 17.2 Å². The molecule has 0 amide bonds. The molecule has 1 unspecified atom stereocenters. The summed E-state index contributed by atoms with van der Waals surface area (Å²) in [6.07, 6.45) is 1.85. The first-order valence-corrected chi connectivity index (χ1v) is 8.47. The van der Waals surface area contributed by atoms with E-state index in [-0.39, 0.29) is 10.8 Å². The van der Waals surface area contributed by atoms with Crippen LogP contribution in [0.2, 0.25) is 0 Å². The number of alkyl halides is 3. The van der Waals surface area contributed by atoms with E-state index in [2.05, 4.69) is 0 Å². The lowest BCUT2D eigenvalue weighted by atomic mass is 9.99. The Morgan fingerprint density at radius 1 is 1.35 bits per heavy atom. The SMILES string of the molecule is O=S(=O)(c1ccccc1N1CCCC(CCl)C1)C(F)F. The Balaban J connectivity index is 2.38. The zero-order chi connectivity index (χ0) is 14.8. The first kappa shape index (κ1) is 15.5. The Labute approximate surface area is 122 Å². The Hall–Kier alpha value is -0.880. The fourth-order valence-electron chi connectivity index (χ4n) is 2.46. The molecule has 1 aliphatic rings. The number of hydrogen-bond acceptors (Lipinski definition) is 3. The molecule has 1 atom stereocenters. The normalized spacial score (nSPS) is 20.4. The summed E-state index contributed by atoms with van der Waals surface area (Å²) >= 11 is 5.85. The molecule has 0 aromatic heterocycles. The van der Waals surface area contributed by atoms with Crippen LogP contribution in [0.15, 0.2) is 29.2 Å². The fraction of sp³-hybridized carbons (Fsp3) is 0.538. The molecule has 1 saturated heterocycles. The smallest absolute Gasteiger partial charge is 0.341 e. The minimum absolute atomic E-state index is 0.257. The molecule has 0 saturated carbocycles. The lowest BCUT2D eigenvalue weighted by Gasteiger charge is -2.34. The van der Waals surface area contributed by atoms with Crippen molar-refractivity contribution in [2.45, 2.75) is 23.5 Å². The van der Waals surface area contributed by atoms with Crippen molar-refractivity contribution >= 4 is 27.1 Å². The highest BCUT2D eigenvalue weighted by atomic mass is 35.5. The number of sulfone groups is 1. The van der Waals surface area contributed by atoms with Crippen molar-refractivity contribution in [3.8, 4) is 0 Å². The molecule has 1 aliphatic heterocycles. The Bertz CT molecular complexity index is 565. The van der Waals surface area contributed by atoms with Crippen LogP contribution in [0.1, 0.15) is 12.8 Å². The number of para-hydroxylation sites is 1. The van der Waals surface area contributed by atoms with Gasteiger partial charge in [-0.3, -0.25) is 0 Å². The number of hydrogen-bond donors (Lipinski definition) is 0. The minimum Gasteiger partial charge on any atom is -0.370 e. The van der Waals surface area contributed by atoms with Crippen LogP contribution in [0.25, 0.3) is 0 Å². The highest BCUT2D eigenvalue weighted by molar-refractivity contribution is 7.91. The van der Waals surface area contributed by atoms with Crippen LogP contribution in [-0.4, -0.2) is 33.1 Å². The fourth-order valence-corrected chi connectivity index (χ4v) is 3.67. The molecule has 1 aromatic rings. The van der Waals surface area contributed by atoms with Gasteiger partial charge in [-0.2, -0.15) is 8.78 Å². The van der Waals surface area contributed by atoms with Gasteiger partial charge in [0.15, 0.2) is 0 Å². The lowest BCUT2D eigenvalue weighted by Crippen LogP contribution is -2.37. The van der Waals surface area contributed by atoms with Crippen molar-refractivity contribution in [2.75, 3.05) is 23.9 Å². The predicted octanol–water partition coefficient (Wildman–Crippen LogP) is 3.14. The average molecular weight is 324 g/mol. The molecule has 2 rings (SSSR count). The Kier molecular flexibility index (Phi) is 4.86. The van der Waals surface area contributed by atoms with E-state index in [1.807, 2.05) is 4.90 Å². The van der Waals surface area contributed by atoms with Crippen LogP contribution < -0.4 is 4.90 Å². The van der Waals surface area contributed by atoms with Gasteiger partial charge in [0.2, 0.25) is 9.84 Å². The van der Waals surface area contributed by atoms with Gasteiger partial charge in [-0.25, -0.2) is 8.42 Å². The van der Waals surface area contributed by atoms with E-state index in [0.717, 1.165) is 12.8 Å². The summed E-state index contributed by atoms with van der Waals surface area (Å²) in [5, 5.41) is 0. The molecule has 20 heavy (non-hydrogen) atoms. The number of halogens is 3. The van der Waals surface area contributed by atoms with Gasteiger partial charge in [0, 0.05) is 19.0 Å². The molecule has 3 nitrogen and oxygen atoms in total. The van der Waals surface area contributed by atoms with Gasteiger partial charge >= 0.3 is 5.76 Å². The van der Waals surface area contributed by atoms with Crippen LogP contribution in [-0.2, 0) is 9.84 Å². The van der Waals surface area contributed by atoms with E-state index in [1.165, 1.54) is 12.1 Å². The van der Waals surface area contributed by atoms with E-state index in [0.29, 0.717) is 24.7 Å². The minimum atomic E-state index is -4.59. The van der Waals surface area contributed by atoms with E-state index < -0.39 is 15.6 Å². The summed E-state index contributed by atoms with van der Waals surface area (Å²) in [5.74, 6) is -2.66. The molecule has 0 N–H and O–H groups in total. The summed E-state index contributed by atoms with van der Waals surface area (Å²) in [7, 11) is -4.59. The average Bonchev–Trinajstić information content (AvgIpc) is 2.47. The van der Waals surface area contributed by atoms with E-state index in [1.54, 1.807) is 12.1 Å². The number of nitrogens with zero attached hydrogens (tertiary/aromatic N) is 1. The number of benzene rings is 1. The zero-order valence-electron chi connectivity index (χ0n) is 10.8. The summed E-state index contributed by atoms with van der Waals surface area (Å²) in [4.78, 5) is 1.54. The largest absolute Gasteiger partial charge is 0.370 e. The van der Waals surface area contributed by atoms with E-state index >= 15 is 0 Å². The first-order valence-electron chi connectivity index (χ1n) is 6.39. The van der Waals surface area contributed by atoms with Gasteiger partial charge in [-0.05, 0) is 30.9 Å². The third-order valence-corrected chi connectivity index (χ3v) is 5.35. The van der Waals surface area contributed by atoms with Gasteiger partial charge in [0.1, 0.15) is 0 Å². The standard InChI is InChI=1S/C13H16ClF2NO2S/c14-8-10-4-3-7-17(9-10)11-5-1-2-6-12(11)20(18,19)13(15)16/h1-2,5-6,10,13H,3-4,7-9H2. The molecule has 0 bridgehead atoms. The number of piperidine rings is 1. The van der Waals surface area contributed by atoms with Crippen LogP contribution in [0.5, 0.6) is 0 Å². The Morgan fingerprint density at radius 3 is 2.70 bits per heavy atom. The molecule has 1 aromatic carbocycles. The van der Waals surface area contributed by atoms with Crippen molar-refractivity contribution in [2.24, 2.45) is 5.92 Å². The number of anilines is 1. The third-order valence-electron chi connectivity index (χ3n) is 3.48. The second kappa shape index (κ2) is 6.26. The predicted molar refractivity (Wildman–Crippen MR) is 75.3 cm³/mol.